The summed E-state index contributed by atoms with van der Waals surface area (Å²) in [7, 11) is 2.07. The maximum absolute atomic E-state index is 3.41. The lowest BCUT2D eigenvalue weighted by molar-refractivity contribution is 0.349. The van der Waals surface area contributed by atoms with Gasteiger partial charge in [-0.15, -0.1) is 0 Å². The van der Waals surface area contributed by atoms with E-state index in [2.05, 4.69) is 56.5 Å². The van der Waals surface area contributed by atoms with E-state index in [-0.39, 0.29) is 0 Å². The van der Waals surface area contributed by atoms with E-state index < -0.39 is 0 Å². The molecule has 0 heterocycles. The van der Waals surface area contributed by atoms with E-state index in [1.54, 1.807) is 0 Å². The van der Waals surface area contributed by atoms with E-state index in [4.69, 9.17) is 0 Å². The summed E-state index contributed by atoms with van der Waals surface area (Å²) in [5, 5.41) is 3.41. The zero-order valence-electron chi connectivity index (χ0n) is 13.0. The smallest absolute Gasteiger partial charge is 0.00750 e. The molecule has 0 aliphatic rings. The highest BCUT2D eigenvalue weighted by molar-refractivity contribution is 5.25. The van der Waals surface area contributed by atoms with Crippen LogP contribution in [-0.2, 0) is 5.41 Å². The summed E-state index contributed by atoms with van der Waals surface area (Å²) in [4.78, 5) is 0. The molecule has 1 atom stereocenters. The molecule has 0 spiro atoms. The summed E-state index contributed by atoms with van der Waals surface area (Å²) < 4.78 is 0. The monoisotopic (exact) mass is 261 g/mol. The number of likely N-dealkylation sites (N-methyl/N-ethyl adjacent to an activating group) is 1. The van der Waals surface area contributed by atoms with Gasteiger partial charge < -0.3 is 5.32 Å². The number of nitrogens with one attached hydrogen (secondary N) is 1. The molecule has 0 radical (unpaired) electrons. The molecule has 1 aromatic rings. The molecule has 0 saturated heterocycles. The summed E-state index contributed by atoms with van der Waals surface area (Å²) in [6.07, 6.45) is 9.36. The number of rotatable bonds is 10. The van der Waals surface area contributed by atoms with Crippen molar-refractivity contribution in [3.63, 3.8) is 0 Å². The van der Waals surface area contributed by atoms with E-state index in [1.807, 2.05) is 0 Å². The molecule has 1 aromatic carbocycles. The Morgan fingerprint density at radius 1 is 0.947 bits per heavy atom. The van der Waals surface area contributed by atoms with Gasteiger partial charge in [-0.05, 0) is 25.5 Å². The maximum atomic E-state index is 3.41. The molecule has 1 N–H and O–H groups in total. The van der Waals surface area contributed by atoms with Crippen molar-refractivity contribution in [3.05, 3.63) is 35.9 Å². The van der Waals surface area contributed by atoms with E-state index in [0.717, 1.165) is 6.54 Å². The molecular weight excluding hydrogens is 230 g/mol. The van der Waals surface area contributed by atoms with E-state index in [0.29, 0.717) is 5.41 Å². The van der Waals surface area contributed by atoms with Crippen LogP contribution >= 0.6 is 0 Å². The molecule has 1 rings (SSSR count). The van der Waals surface area contributed by atoms with Gasteiger partial charge >= 0.3 is 0 Å². The third-order valence-corrected chi connectivity index (χ3v) is 4.34. The van der Waals surface area contributed by atoms with Gasteiger partial charge in [0.25, 0.3) is 0 Å². The van der Waals surface area contributed by atoms with Gasteiger partial charge in [0.15, 0.2) is 0 Å². The Kier molecular flexibility index (Phi) is 7.81. The van der Waals surface area contributed by atoms with Crippen molar-refractivity contribution in [2.45, 2.75) is 64.2 Å². The molecule has 0 aliphatic heterocycles. The Labute approximate surface area is 119 Å². The van der Waals surface area contributed by atoms with Gasteiger partial charge in [-0.1, -0.05) is 76.3 Å². The lowest BCUT2D eigenvalue weighted by Gasteiger charge is -2.33. The zero-order valence-corrected chi connectivity index (χ0v) is 13.0. The molecule has 0 amide bonds. The van der Waals surface area contributed by atoms with Gasteiger partial charge in [-0.2, -0.15) is 0 Å². The van der Waals surface area contributed by atoms with E-state index in [1.165, 1.54) is 50.5 Å². The van der Waals surface area contributed by atoms with Crippen molar-refractivity contribution < 1.29 is 0 Å². The molecule has 1 nitrogen and oxygen atoms in total. The van der Waals surface area contributed by atoms with Gasteiger partial charge in [0.2, 0.25) is 0 Å². The number of hydrogen-bond donors (Lipinski definition) is 1. The second kappa shape index (κ2) is 9.14. The van der Waals surface area contributed by atoms with Crippen LogP contribution in [0.5, 0.6) is 0 Å². The first-order chi connectivity index (χ1) is 9.29. The molecule has 0 bridgehead atoms. The van der Waals surface area contributed by atoms with Crippen molar-refractivity contribution in [1.29, 1.82) is 0 Å². The second-order valence-electron chi connectivity index (χ2n) is 5.69. The van der Waals surface area contributed by atoms with Crippen molar-refractivity contribution >= 4 is 0 Å². The van der Waals surface area contributed by atoms with Crippen LogP contribution in [0, 0.1) is 0 Å². The van der Waals surface area contributed by atoms with Crippen molar-refractivity contribution in [2.24, 2.45) is 0 Å². The average molecular weight is 261 g/mol. The Morgan fingerprint density at radius 3 is 2.21 bits per heavy atom. The van der Waals surface area contributed by atoms with Gasteiger partial charge in [0, 0.05) is 12.0 Å². The summed E-state index contributed by atoms with van der Waals surface area (Å²) in [6.45, 7) is 5.69. The molecule has 0 saturated carbocycles. The fourth-order valence-corrected chi connectivity index (χ4v) is 3.04. The first-order valence-electron chi connectivity index (χ1n) is 7.99. The lowest BCUT2D eigenvalue weighted by atomic mass is 9.74. The molecule has 1 heteroatoms. The highest BCUT2D eigenvalue weighted by atomic mass is 14.8. The molecule has 0 aliphatic carbocycles. The summed E-state index contributed by atoms with van der Waals surface area (Å²) >= 11 is 0. The molecule has 19 heavy (non-hydrogen) atoms. The number of hydrogen-bond acceptors (Lipinski definition) is 1. The molecule has 108 valence electrons. The van der Waals surface area contributed by atoms with Crippen LogP contribution in [0.2, 0.25) is 0 Å². The number of benzene rings is 1. The van der Waals surface area contributed by atoms with E-state index >= 15 is 0 Å². The quantitative estimate of drug-likeness (QED) is 0.590. The SMILES string of the molecule is CCCCCCCC(CC)(CNC)c1ccccc1. The third kappa shape index (κ3) is 4.99. The number of unbranched alkanes of at least 4 members (excludes halogenated alkanes) is 4. The Bertz CT molecular complexity index is 320. The van der Waals surface area contributed by atoms with Crippen molar-refractivity contribution in [1.82, 2.24) is 5.32 Å². The summed E-state index contributed by atoms with van der Waals surface area (Å²) in [6, 6.07) is 11.1. The predicted octanol–water partition coefficient (Wildman–Crippen LogP) is 4.91. The van der Waals surface area contributed by atoms with Crippen LogP contribution in [0.3, 0.4) is 0 Å². The minimum absolute atomic E-state index is 0.322. The minimum Gasteiger partial charge on any atom is -0.319 e. The van der Waals surface area contributed by atoms with Crippen molar-refractivity contribution in [2.75, 3.05) is 13.6 Å². The largest absolute Gasteiger partial charge is 0.319 e. The maximum Gasteiger partial charge on any atom is 0.00750 e. The van der Waals surface area contributed by atoms with Crippen LogP contribution in [0.1, 0.15) is 64.4 Å². The van der Waals surface area contributed by atoms with Crippen LogP contribution in [0.25, 0.3) is 0 Å². The fraction of sp³-hybridized carbons (Fsp3) is 0.667. The first-order valence-corrected chi connectivity index (χ1v) is 7.99. The first kappa shape index (κ1) is 16.2. The zero-order chi connectivity index (χ0) is 14.0. The Balaban J connectivity index is 2.65. The lowest BCUT2D eigenvalue weighted by Crippen LogP contribution is -2.36. The topological polar surface area (TPSA) is 12.0 Å². The van der Waals surface area contributed by atoms with Gasteiger partial charge in [-0.3, -0.25) is 0 Å². The standard InChI is InChI=1S/C18H31N/c1-4-6-7-8-12-15-18(5-2,16-19-3)17-13-10-9-11-14-17/h9-11,13-14,19H,4-8,12,15-16H2,1-3H3. The Hall–Kier alpha value is -0.820. The van der Waals surface area contributed by atoms with Crippen LogP contribution in [0.15, 0.2) is 30.3 Å². The van der Waals surface area contributed by atoms with Crippen LogP contribution < -0.4 is 5.32 Å². The second-order valence-corrected chi connectivity index (χ2v) is 5.69. The molecule has 0 aromatic heterocycles. The average Bonchev–Trinajstić information content (AvgIpc) is 2.47. The predicted molar refractivity (Wildman–Crippen MR) is 85.7 cm³/mol. The van der Waals surface area contributed by atoms with Gasteiger partial charge in [0.05, 0.1) is 0 Å². The fourth-order valence-electron chi connectivity index (χ4n) is 3.04. The van der Waals surface area contributed by atoms with Gasteiger partial charge in [0.1, 0.15) is 0 Å². The molecular formula is C18H31N. The summed E-state index contributed by atoms with van der Waals surface area (Å²) in [5.74, 6) is 0. The minimum atomic E-state index is 0.322. The van der Waals surface area contributed by atoms with Gasteiger partial charge in [-0.25, -0.2) is 0 Å². The van der Waals surface area contributed by atoms with Crippen molar-refractivity contribution in [3.8, 4) is 0 Å². The highest BCUT2D eigenvalue weighted by Crippen LogP contribution is 2.33. The molecule has 1 unspecified atom stereocenters. The summed E-state index contributed by atoms with van der Waals surface area (Å²) in [5.41, 5.74) is 1.82. The van der Waals surface area contributed by atoms with Crippen LogP contribution in [0.4, 0.5) is 0 Å². The molecule has 0 fully saturated rings. The van der Waals surface area contributed by atoms with Crippen LogP contribution in [-0.4, -0.2) is 13.6 Å². The van der Waals surface area contributed by atoms with E-state index in [9.17, 15) is 0 Å². The normalized spacial score (nSPS) is 14.3. The highest BCUT2D eigenvalue weighted by Gasteiger charge is 2.28. The third-order valence-electron chi connectivity index (χ3n) is 4.34. The Morgan fingerprint density at radius 2 is 1.63 bits per heavy atom.